The number of anilines is 1. The number of methoxy groups -OCH3 is 1. The number of halogens is 1. The first-order valence-corrected chi connectivity index (χ1v) is 16.5. The van der Waals surface area contributed by atoms with E-state index in [2.05, 4.69) is 79.2 Å². The van der Waals surface area contributed by atoms with E-state index in [0.29, 0.717) is 32.7 Å². The van der Waals surface area contributed by atoms with Crippen LogP contribution in [0, 0.1) is 19.3 Å². The molecule has 3 aromatic rings. The van der Waals surface area contributed by atoms with E-state index in [1.807, 2.05) is 11.6 Å². The molecule has 9 heteroatoms. The van der Waals surface area contributed by atoms with E-state index in [1.54, 1.807) is 0 Å². The standard InChI is InChI=1S/C36H49FN6O2/c1-24-14-25(2)43(40-24)31-16-27(15-29(18-31)35(3,4)5)28(17-33(44)45-6)19-42-22-36(23-42)11-13-41(21-32(36)37)20-30-10-9-26-8-7-12-38-34(26)39-30/h9-10,14-16,18,28,32H,7-8,11-13,17,19-23H2,1-6H3,(H,38,39)/t28-,32?/m1/s1. The number of esters is 1. The Hall–Kier alpha value is -3.30. The monoisotopic (exact) mass is 616 g/mol. The van der Waals surface area contributed by atoms with Crippen LogP contribution in [0.2, 0.25) is 0 Å². The SMILES string of the molecule is COC(=O)C[C@H](CN1CC2(CCN(Cc3ccc4c(n3)NCCC4)CC2F)C1)c1cc(-n2nc(C)cc2C)cc(C(C)(C)C)c1. The lowest BCUT2D eigenvalue weighted by molar-refractivity contribution is -0.142. The predicted octanol–water partition coefficient (Wildman–Crippen LogP) is 5.73. The van der Waals surface area contributed by atoms with Crippen molar-refractivity contribution in [3.05, 3.63) is 70.2 Å². The van der Waals surface area contributed by atoms with E-state index >= 15 is 4.39 Å². The summed E-state index contributed by atoms with van der Waals surface area (Å²) >= 11 is 0. The molecule has 0 amide bonds. The lowest BCUT2D eigenvalue weighted by atomic mass is 9.70. The number of rotatable bonds is 8. The van der Waals surface area contributed by atoms with Crippen LogP contribution in [0.4, 0.5) is 10.2 Å². The van der Waals surface area contributed by atoms with Gasteiger partial charge in [0.15, 0.2) is 0 Å². The summed E-state index contributed by atoms with van der Waals surface area (Å²) in [5, 5.41) is 8.16. The average Bonchev–Trinajstić information content (AvgIpc) is 3.33. The Balaban J connectivity index is 1.15. The molecule has 1 unspecified atom stereocenters. The number of benzene rings is 1. The van der Waals surface area contributed by atoms with Gasteiger partial charge in [-0.3, -0.25) is 9.69 Å². The van der Waals surface area contributed by atoms with Crippen LogP contribution in [0.5, 0.6) is 0 Å². The van der Waals surface area contributed by atoms with Crippen molar-refractivity contribution in [2.45, 2.75) is 84.4 Å². The van der Waals surface area contributed by atoms with E-state index in [1.165, 1.54) is 18.2 Å². The van der Waals surface area contributed by atoms with Gasteiger partial charge >= 0.3 is 5.97 Å². The largest absolute Gasteiger partial charge is 0.469 e. The Labute approximate surface area is 267 Å². The minimum Gasteiger partial charge on any atom is -0.469 e. The zero-order valence-electron chi connectivity index (χ0n) is 27.8. The molecule has 1 spiro atoms. The summed E-state index contributed by atoms with van der Waals surface area (Å²) in [6, 6.07) is 13.0. The molecule has 0 aliphatic carbocycles. The van der Waals surface area contributed by atoms with Crippen LogP contribution in [0.15, 0.2) is 36.4 Å². The summed E-state index contributed by atoms with van der Waals surface area (Å²) in [6.45, 7) is 15.7. The van der Waals surface area contributed by atoms with Crippen LogP contribution in [0.1, 0.15) is 79.7 Å². The third-order valence-electron chi connectivity index (χ3n) is 10.1. The number of hydrogen-bond acceptors (Lipinski definition) is 7. The molecule has 45 heavy (non-hydrogen) atoms. The number of pyridine rings is 1. The zero-order chi connectivity index (χ0) is 31.9. The molecule has 2 fully saturated rings. The molecule has 5 heterocycles. The number of nitrogens with one attached hydrogen (secondary N) is 1. The number of carbonyl (C=O) groups is 1. The number of fused-ring (bicyclic) bond motifs is 1. The summed E-state index contributed by atoms with van der Waals surface area (Å²) in [7, 11) is 1.45. The number of hydrogen-bond donors (Lipinski definition) is 1. The van der Waals surface area contributed by atoms with Crippen molar-refractivity contribution in [2.75, 3.05) is 51.7 Å². The molecule has 1 aromatic carbocycles. The van der Waals surface area contributed by atoms with E-state index in [-0.39, 0.29) is 29.1 Å². The molecule has 2 atom stereocenters. The lowest BCUT2D eigenvalue weighted by Gasteiger charge is -2.56. The first-order chi connectivity index (χ1) is 21.4. The molecule has 2 aromatic heterocycles. The van der Waals surface area contributed by atoms with Crippen LogP contribution < -0.4 is 5.32 Å². The van der Waals surface area contributed by atoms with Gasteiger partial charge in [-0.15, -0.1) is 0 Å². The minimum atomic E-state index is -0.890. The summed E-state index contributed by atoms with van der Waals surface area (Å²) in [5.41, 5.74) is 7.19. The number of nitrogens with zero attached hydrogens (tertiary/aromatic N) is 5. The molecule has 242 valence electrons. The summed E-state index contributed by atoms with van der Waals surface area (Å²) in [6.07, 6.45) is 2.43. The quantitative estimate of drug-likeness (QED) is 0.324. The summed E-state index contributed by atoms with van der Waals surface area (Å²) in [4.78, 5) is 22.0. The van der Waals surface area contributed by atoms with Crippen LogP contribution in [0.3, 0.4) is 0 Å². The number of alkyl halides is 1. The number of carbonyl (C=O) groups excluding carboxylic acids is 1. The Morgan fingerprint density at radius 3 is 2.64 bits per heavy atom. The van der Waals surface area contributed by atoms with E-state index in [4.69, 9.17) is 14.8 Å². The molecular formula is C36H49FN6O2. The van der Waals surface area contributed by atoms with Crippen LogP contribution in [-0.2, 0) is 27.9 Å². The maximum Gasteiger partial charge on any atom is 0.306 e. The van der Waals surface area contributed by atoms with E-state index in [9.17, 15) is 4.79 Å². The smallest absolute Gasteiger partial charge is 0.306 e. The van der Waals surface area contributed by atoms with Gasteiger partial charge in [-0.25, -0.2) is 14.1 Å². The number of aromatic nitrogens is 3. The number of piperidine rings is 1. The van der Waals surface area contributed by atoms with Gasteiger partial charge in [0, 0.05) is 56.3 Å². The van der Waals surface area contributed by atoms with Crippen molar-refractivity contribution in [3.63, 3.8) is 0 Å². The second kappa shape index (κ2) is 12.5. The highest BCUT2D eigenvalue weighted by Crippen LogP contribution is 2.44. The van der Waals surface area contributed by atoms with Crippen LogP contribution in [0.25, 0.3) is 5.69 Å². The topological polar surface area (TPSA) is 75.5 Å². The van der Waals surface area contributed by atoms with Gasteiger partial charge in [0.1, 0.15) is 12.0 Å². The highest BCUT2D eigenvalue weighted by molar-refractivity contribution is 5.70. The number of likely N-dealkylation sites (tertiary alicyclic amines) is 2. The van der Waals surface area contributed by atoms with Crippen molar-refractivity contribution >= 4 is 11.8 Å². The molecule has 6 rings (SSSR count). The summed E-state index contributed by atoms with van der Waals surface area (Å²) in [5.74, 6) is 0.691. The maximum absolute atomic E-state index is 15.9. The fourth-order valence-corrected chi connectivity index (χ4v) is 7.41. The maximum atomic E-state index is 15.9. The first kappa shape index (κ1) is 31.7. The Morgan fingerprint density at radius 2 is 1.96 bits per heavy atom. The minimum absolute atomic E-state index is 0.0744. The number of ether oxygens (including phenoxy) is 1. The molecule has 0 saturated carbocycles. The molecule has 3 aliphatic rings. The second-order valence-corrected chi connectivity index (χ2v) is 14.7. The molecule has 3 aliphatic heterocycles. The fourth-order valence-electron chi connectivity index (χ4n) is 7.41. The van der Waals surface area contributed by atoms with Crippen molar-refractivity contribution < 1.29 is 13.9 Å². The average molecular weight is 617 g/mol. The highest BCUT2D eigenvalue weighted by atomic mass is 19.1. The third kappa shape index (κ3) is 6.80. The van der Waals surface area contributed by atoms with Crippen LogP contribution >= 0.6 is 0 Å². The van der Waals surface area contributed by atoms with Crippen LogP contribution in [-0.4, -0.2) is 83.1 Å². The van der Waals surface area contributed by atoms with Crippen molar-refractivity contribution in [1.29, 1.82) is 0 Å². The first-order valence-electron chi connectivity index (χ1n) is 16.5. The van der Waals surface area contributed by atoms with Gasteiger partial charge in [-0.05, 0) is 86.0 Å². The normalized spacial score (nSPS) is 20.7. The van der Waals surface area contributed by atoms with E-state index < -0.39 is 6.17 Å². The van der Waals surface area contributed by atoms with Crippen molar-refractivity contribution in [3.8, 4) is 5.69 Å². The lowest BCUT2D eigenvalue weighted by Crippen LogP contribution is -2.66. The Bertz CT molecular complexity index is 1540. The zero-order valence-corrected chi connectivity index (χ0v) is 27.8. The Kier molecular flexibility index (Phi) is 8.78. The highest BCUT2D eigenvalue weighted by Gasteiger charge is 2.52. The molecule has 2 saturated heterocycles. The Morgan fingerprint density at radius 1 is 1.16 bits per heavy atom. The van der Waals surface area contributed by atoms with Crippen molar-refractivity contribution in [2.24, 2.45) is 5.41 Å². The fraction of sp³-hybridized carbons (Fsp3) is 0.583. The number of aryl methyl sites for hydroxylation is 3. The van der Waals surface area contributed by atoms with Crippen molar-refractivity contribution in [1.82, 2.24) is 24.6 Å². The van der Waals surface area contributed by atoms with Gasteiger partial charge in [0.25, 0.3) is 0 Å². The third-order valence-corrected chi connectivity index (χ3v) is 10.1. The molecular weight excluding hydrogens is 567 g/mol. The van der Waals surface area contributed by atoms with Gasteiger partial charge < -0.3 is 15.0 Å². The molecule has 0 bridgehead atoms. The van der Waals surface area contributed by atoms with Gasteiger partial charge in [0.2, 0.25) is 0 Å². The molecule has 0 radical (unpaired) electrons. The predicted molar refractivity (Wildman–Crippen MR) is 176 cm³/mol. The van der Waals surface area contributed by atoms with Gasteiger partial charge in [-0.1, -0.05) is 32.9 Å². The summed E-state index contributed by atoms with van der Waals surface area (Å²) < 4.78 is 23.0. The second-order valence-electron chi connectivity index (χ2n) is 14.7. The van der Waals surface area contributed by atoms with Gasteiger partial charge in [-0.2, -0.15) is 5.10 Å². The van der Waals surface area contributed by atoms with Gasteiger partial charge in [0.05, 0.1) is 30.6 Å². The molecule has 1 N–H and O–H groups in total. The molecule has 8 nitrogen and oxygen atoms in total. The van der Waals surface area contributed by atoms with E-state index in [0.717, 1.165) is 66.5 Å².